The number of carbonyl (C=O) groups excluding carboxylic acids is 6. The zero-order chi connectivity index (χ0) is 36.2. The normalized spacial score (nSPS) is 10.2. The molecule has 0 unspecified atom stereocenters. The lowest BCUT2D eigenvalue weighted by atomic mass is 10.4. The second-order valence-corrected chi connectivity index (χ2v) is 10.4. The highest BCUT2D eigenvalue weighted by molar-refractivity contribution is 5.87. The van der Waals surface area contributed by atoms with Crippen LogP contribution in [0.2, 0.25) is 0 Å². The lowest BCUT2D eigenvalue weighted by Crippen LogP contribution is -2.10. The van der Waals surface area contributed by atoms with Gasteiger partial charge in [-0.05, 0) is 77.9 Å². The van der Waals surface area contributed by atoms with Crippen molar-refractivity contribution in [3.63, 3.8) is 0 Å². The van der Waals surface area contributed by atoms with Crippen molar-refractivity contribution in [3.05, 3.63) is 71.0 Å². The molecule has 0 atom stereocenters. The third-order valence-electron chi connectivity index (χ3n) is 4.99. The molecule has 15 heteroatoms. The van der Waals surface area contributed by atoms with Crippen LogP contribution in [0, 0.1) is 0 Å². The van der Waals surface area contributed by atoms with Gasteiger partial charge in [-0.2, -0.15) is 0 Å². The van der Waals surface area contributed by atoms with Crippen LogP contribution in [0.15, 0.2) is 49.6 Å². The van der Waals surface area contributed by atoms with E-state index in [9.17, 15) is 28.8 Å². The maximum atomic E-state index is 11.4. The van der Waals surface area contributed by atoms with E-state index >= 15 is 0 Å². The van der Waals surface area contributed by atoms with Gasteiger partial charge in [0, 0.05) is 13.3 Å². The number of carbonyl (C=O) groups is 6. The van der Waals surface area contributed by atoms with E-state index in [1.54, 1.807) is 66.7 Å². The maximum Gasteiger partial charge on any atom is 0.374 e. The van der Waals surface area contributed by atoms with E-state index < -0.39 is 23.9 Å². The second-order valence-electron chi connectivity index (χ2n) is 10.4. The van der Waals surface area contributed by atoms with Crippen LogP contribution in [0.25, 0.3) is 0 Å². The van der Waals surface area contributed by atoms with Crippen LogP contribution in [0.4, 0.5) is 0 Å². The molecule has 3 heterocycles. The van der Waals surface area contributed by atoms with Gasteiger partial charge in [-0.25, -0.2) is 14.4 Å². The molecule has 3 aromatic rings. The van der Waals surface area contributed by atoms with Crippen LogP contribution in [0.5, 0.6) is 0 Å². The van der Waals surface area contributed by atoms with Crippen LogP contribution in [-0.2, 0) is 62.6 Å². The molecule has 264 valence electrons. The first-order valence-electron chi connectivity index (χ1n) is 14.9. The number of furan rings is 3. The first kappa shape index (κ1) is 40.7. The Bertz CT molecular complexity index is 1450. The summed E-state index contributed by atoms with van der Waals surface area (Å²) in [5.41, 5.74) is 0. The van der Waals surface area contributed by atoms with Crippen LogP contribution in [0.3, 0.4) is 0 Å². The summed E-state index contributed by atoms with van der Waals surface area (Å²) in [4.78, 5) is 65.5. The van der Waals surface area contributed by atoms with Crippen molar-refractivity contribution >= 4 is 36.3 Å². The van der Waals surface area contributed by atoms with Gasteiger partial charge in [0.2, 0.25) is 17.3 Å². The van der Waals surface area contributed by atoms with E-state index in [-0.39, 0.29) is 61.4 Å². The second kappa shape index (κ2) is 21.5. The first-order valence-corrected chi connectivity index (χ1v) is 14.9. The summed E-state index contributed by atoms with van der Waals surface area (Å²) in [6, 6.07) is 9.18. The Balaban J connectivity index is 0.000000361. The molecule has 0 N–H and O–H groups in total. The lowest BCUT2D eigenvalue weighted by Gasteiger charge is -2.05. The van der Waals surface area contributed by atoms with Gasteiger partial charge in [-0.15, -0.1) is 0 Å². The molecule has 0 fully saturated rings. The number of hydrogen-bond donors (Lipinski definition) is 0. The van der Waals surface area contributed by atoms with Crippen molar-refractivity contribution in [3.8, 4) is 0 Å². The molecular formula is C33H42O15. The van der Waals surface area contributed by atoms with Crippen LogP contribution in [0.1, 0.15) is 111 Å². The molecule has 0 aliphatic carbocycles. The Hall–Kier alpha value is -5.34. The van der Waals surface area contributed by atoms with Crippen LogP contribution >= 0.6 is 0 Å². The Morgan fingerprint density at radius 3 is 1.27 bits per heavy atom. The van der Waals surface area contributed by atoms with Crippen molar-refractivity contribution in [1.29, 1.82) is 0 Å². The van der Waals surface area contributed by atoms with Gasteiger partial charge in [0.1, 0.15) is 37.1 Å². The largest absolute Gasteiger partial charge is 0.460 e. The fourth-order valence-corrected chi connectivity index (χ4v) is 3.05. The molecule has 0 saturated heterocycles. The molecule has 0 aliphatic rings. The molecule has 0 saturated carbocycles. The summed E-state index contributed by atoms with van der Waals surface area (Å²) in [5.74, 6) is -0.730. The van der Waals surface area contributed by atoms with Gasteiger partial charge in [0.25, 0.3) is 6.47 Å². The topological polar surface area (TPSA) is 197 Å². The predicted octanol–water partition coefficient (Wildman–Crippen LogP) is 5.72. The van der Waals surface area contributed by atoms with Gasteiger partial charge in [0.15, 0.2) is 0 Å². The zero-order valence-corrected chi connectivity index (χ0v) is 28.2. The Labute approximate surface area is 277 Å². The summed E-state index contributed by atoms with van der Waals surface area (Å²) in [5, 5.41) is 0. The number of hydrogen-bond acceptors (Lipinski definition) is 15. The molecule has 0 amide bonds. The fraction of sp³-hybridized carbons (Fsp3) is 0.455. The molecule has 0 bridgehead atoms. The third-order valence-corrected chi connectivity index (χ3v) is 4.99. The van der Waals surface area contributed by atoms with E-state index in [0.29, 0.717) is 30.2 Å². The number of esters is 5. The molecule has 0 aromatic carbocycles. The fourth-order valence-electron chi connectivity index (χ4n) is 3.05. The van der Waals surface area contributed by atoms with Crippen molar-refractivity contribution in [2.45, 2.75) is 99.9 Å². The molecular weight excluding hydrogens is 636 g/mol. The minimum absolute atomic E-state index is 0.0124. The standard InChI is InChI=1S/C12H16O5.C11H14O5.C10H12O5/c1-4-11(13)15-7-9-5-6-10(17-9)12(14)16-8(2)3;1-7(2)15-11(13)10-5-4-9(16-10)6-14-8(3)12;1-7(2)14-10(12)9-4-3-8(15-9)5-13-6-11/h5-6,8H,4,7H2,1-3H3;4-5,7H,6H2,1-3H3;3-4,6-7H,5H2,1-2H3. The first-order chi connectivity index (χ1) is 22.6. The summed E-state index contributed by atoms with van der Waals surface area (Å²) in [6.45, 7) is 13.9. The van der Waals surface area contributed by atoms with Gasteiger partial charge in [-0.3, -0.25) is 14.4 Å². The minimum Gasteiger partial charge on any atom is -0.460 e. The van der Waals surface area contributed by atoms with E-state index in [2.05, 4.69) is 4.74 Å². The highest BCUT2D eigenvalue weighted by atomic mass is 16.6. The molecule has 0 spiro atoms. The zero-order valence-electron chi connectivity index (χ0n) is 28.2. The van der Waals surface area contributed by atoms with Crippen molar-refractivity contribution < 1.29 is 70.4 Å². The van der Waals surface area contributed by atoms with E-state index in [1.807, 2.05) is 0 Å². The maximum absolute atomic E-state index is 11.4. The summed E-state index contributed by atoms with van der Waals surface area (Å²) in [6.07, 6.45) is -0.288. The van der Waals surface area contributed by atoms with Crippen molar-refractivity contribution in [2.24, 2.45) is 0 Å². The monoisotopic (exact) mass is 678 g/mol. The van der Waals surface area contributed by atoms with Gasteiger partial charge < -0.3 is 41.7 Å². The molecule has 15 nitrogen and oxygen atoms in total. The number of rotatable bonds is 14. The highest BCUT2D eigenvalue weighted by Crippen LogP contribution is 2.13. The highest BCUT2D eigenvalue weighted by Gasteiger charge is 2.16. The van der Waals surface area contributed by atoms with Gasteiger partial charge >= 0.3 is 29.8 Å². The quantitative estimate of drug-likeness (QED) is 0.114. The Kier molecular flexibility index (Phi) is 18.2. The SMILES string of the molecule is CC(=O)OCc1ccc(C(=O)OC(C)C)o1.CC(C)OC(=O)c1ccc(COC=O)o1.CCC(=O)OCc1ccc(C(=O)OC(C)C)o1. The molecule has 3 aromatic heterocycles. The average Bonchev–Trinajstić information content (AvgIpc) is 3.79. The lowest BCUT2D eigenvalue weighted by molar-refractivity contribution is -0.145. The predicted molar refractivity (Wildman–Crippen MR) is 164 cm³/mol. The van der Waals surface area contributed by atoms with Gasteiger partial charge in [0.05, 0.1) is 18.3 Å². The minimum atomic E-state index is -0.526. The third kappa shape index (κ3) is 16.8. The van der Waals surface area contributed by atoms with Crippen molar-refractivity contribution in [2.75, 3.05) is 0 Å². The molecule has 48 heavy (non-hydrogen) atoms. The smallest absolute Gasteiger partial charge is 0.374 e. The van der Waals surface area contributed by atoms with E-state index in [0.717, 1.165) is 0 Å². The van der Waals surface area contributed by atoms with E-state index in [4.69, 9.17) is 36.9 Å². The molecule has 0 aliphatic heterocycles. The Morgan fingerprint density at radius 1 is 0.604 bits per heavy atom. The average molecular weight is 679 g/mol. The van der Waals surface area contributed by atoms with Gasteiger partial charge in [-0.1, -0.05) is 6.92 Å². The summed E-state index contributed by atoms with van der Waals surface area (Å²) in [7, 11) is 0. The molecule has 3 rings (SSSR count). The Morgan fingerprint density at radius 2 is 0.958 bits per heavy atom. The summed E-state index contributed by atoms with van der Waals surface area (Å²) >= 11 is 0. The summed E-state index contributed by atoms with van der Waals surface area (Å²) < 4.78 is 44.3. The van der Waals surface area contributed by atoms with Crippen LogP contribution < -0.4 is 0 Å². The van der Waals surface area contributed by atoms with Crippen molar-refractivity contribution in [1.82, 2.24) is 0 Å². The molecule has 0 radical (unpaired) electrons. The number of ether oxygens (including phenoxy) is 6. The van der Waals surface area contributed by atoms with Crippen LogP contribution in [-0.4, -0.2) is 54.6 Å². The van der Waals surface area contributed by atoms with E-state index in [1.165, 1.54) is 25.1 Å².